The van der Waals surface area contributed by atoms with Crippen LogP contribution in [0.1, 0.15) is 34.1 Å². The first-order valence-corrected chi connectivity index (χ1v) is 5.88. The van der Waals surface area contributed by atoms with E-state index in [0.717, 1.165) is 19.6 Å². The van der Waals surface area contributed by atoms with Gasteiger partial charge in [-0.1, -0.05) is 13.8 Å². The second kappa shape index (κ2) is 4.01. The predicted octanol–water partition coefficient (Wildman–Crippen LogP) is 2.63. The quantitative estimate of drug-likeness (QED) is 0.713. The summed E-state index contributed by atoms with van der Waals surface area (Å²) in [6, 6.07) is 0.485. The number of hydrogen-bond donors (Lipinski definition) is 1. The Morgan fingerprint density at radius 3 is 2.73 bits per heavy atom. The Morgan fingerprint density at radius 2 is 2.07 bits per heavy atom. The zero-order chi connectivity index (χ0) is 11.0. The molecule has 0 bridgehead atoms. The first-order chi connectivity index (χ1) is 7.11. The third-order valence-electron chi connectivity index (χ3n) is 3.51. The van der Waals surface area contributed by atoms with Crippen LogP contribution in [-0.2, 0) is 4.74 Å². The summed E-state index contributed by atoms with van der Waals surface area (Å²) >= 11 is 0. The first kappa shape index (κ1) is 10.7. The number of hydrogen-bond acceptors (Lipinski definition) is 2. The Kier molecular flexibility index (Phi) is 2.87. The predicted molar refractivity (Wildman–Crippen MR) is 62.6 cm³/mol. The minimum absolute atomic E-state index is 0.485. The molecule has 0 aliphatic carbocycles. The molecule has 1 atom stereocenters. The summed E-state index contributed by atoms with van der Waals surface area (Å²) in [4.78, 5) is 0. The number of rotatable bonds is 1. The molecule has 2 heterocycles. The normalized spacial score (nSPS) is 26.9. The summed E-state index contributed by atoms with van der Waals surface area (Å²) in [5, 5.41) is 3.61. The number of ether oxygens (including phenoxy) is 1. The van der Waals surface area contributed by atoms with Crippen molar-refractivity contribution in [1.29, 1.82) is 0 Å². The first-order valence-electron chi connectivity index (χ1n) is 5.88. The molecule has 2 aliphatic heterocycles. The molecular weight excluding hydrogens is 186 g/mol. The zero-order valence-electron chi connectivity index (χ0n) is 10.2. The summed E-state index contributed by atoms with van der Waals surface area (Å²) in [5.74, 6) is 0.562. The maximum atomic E-state index is 5.57. The highest BCUT2D eigenvalue weighted by Crippen LogP contribution is 2.33. The van der Waals surface area contributed by atoms with Gasteiger partial charge in [0.15, 0.2) is 0 Å². The van der Waals surface area contributed by atoms with Crippen LogP contribution >= 0.6 is 0 Å². The molecule has 0 aromatic carbocycles. The van der Waals surface area contributed by atoms with Crippen molar-refractivity contribution in [2.24, 2.45) is 5.92 Å². The standard InChI is InChI=1S/C13H21NO/c1-8(2)13-12-7-15-6-5-11(12)9(3)10(4)14-13/h8,10,14H,5-7H2,1-4H3. The second-order valence-electron chi connectivity index (χ2n) is 4.88. The lowest BCUT2D eigenvalue weighted by Gasteiger charge is -2.35. The Morgan fingerprint density at radius 1 is 1.33 bits per heavy atom. The highest BCUT2D eigenvalue weighted by atomic mass is 16.5. The Bertz CT molecular complexity index is 325. The van der Waals surface area contributed by atoms with Crippen LogP contribution in [0.5, 0.6) is 0 Å². The van der Waals surface area contributed by atoms with E-state index in [1.165, 1.54) is 16.8 Å². The zero-order valence-corrected chi connectivity index (χ0v) is 10.2. The molecule has 0 aromatic heterocycles. The van der Waals surface area contributed by atoms with Crippen LogP contribution in [0.2, 0.25) is 0 Å². The molecular formula is C13H21NO. The molecule has 1 unspecified atom stereocenters. The van der Waals surface area contributed by atoms with Crippen LogP contribution in [-0.4, -0.2) is 19.3 Å². The van der Waals surface area contributed by atoms with Gasteiger partial charge in [0.2, 0.25) is 0 Å². The molecule has 0 spiro atoms. The van der Waals surface area contributed by atoms with Crippen LogP contribution in [0.25, 0.3) is 0 Å². The average molecular weight is 207 g/mol. The van der Waals surface area contributed by atoms with Crippen molar-refractivity contribution in [3.8, 4) is 0 Å². The van der Waals surface area contributed by atoms with Crippen LogP contribution in [0.4, 0.5) is 0 Å². The molecule has 1 saturated heterocycles. The van der Waals surface area contributed by atoms with Gasteiger partial charge in [-0.25, -0.2) is 0 Å². The Hall–Kier alpha value is -0.760. The second-order valence-corrected chi connectivity index (χ2v) is 4.88. The number of dihydropyridines is 1. The van der Waals surface area contributed by atoms with E-state index in [4.69, 9.17) is 4.74 Å². The van der Waals surface area contributed by atoms with Gasteiger partial charge in [0.1, 0.15) is 0 Å². The van der Waals surface area contributed by atoms with Crippen LogP contribution < -0.4 is 5.32 Å². The summed E-state index contributed by atoms with van der Waals surface area (Å²) in [7, 11) is 0. The molecule has 1 N–H and O–H groups in total. The molecule has 0 aromatic rings. The Labute approximate surface area is 92.4 Å². The van der Waals surface area contributed by atoms with Crippen molar-refractivity contribution in [2.75, 3.05) is 13.2 Å². The minimum atomic E-state index is 0.485. The molecule has 84 valence electrons. The van der Waals surface area contributed by atoms with E-state index in [1.54, 1.807) is 5.57 Å². The van der Waals surface area contributed by atoms with Crippen molar-refractivity contribution in [3.63, 3.8) is 0 Å². The van der Waals surface area contributed by atoms with Gasteiger partial charge < -0.3 is 10.1 Å². The van der Waals surface area contributed by atoms with Gasteiger partial charge in [-0.3, -0.25) is 0 Å². The monoisotopic (exact) mass is 207 g/mol. The Balaban J connectivity index is 2.43. The molecule has 0 amide bonds. The van der Waals surface area contributed by atoms with Crippen molar-refractivity contribution in [3.05, 3.63) is 22.4 Å². The summed E-state index contributed by atoms with van der Waals surface area (Å²) in [6.45, 7) is 10.7. The fourth-order valence-electron chi connectivity index (χ4n) is 2.47. The molecule has 0 saturated carbocycles. The van der Waals surface area contributed by atoms with E-state index in [9.17, 15) is 0 Å². The van der Waals surface area contributed by atoms with E-state index in [1.807, 2.05) is 0 Å². The summed E-state index contributed by atoms with van der Waals surface area (Å²) in [5.41, 5.74) is 5.86. The molecule has 2 rings (SSSR count). The van der Waals surface area contributed by atoms with Crippen LogP contribution in [0.3, 0.4) is 0 Å². The van der Waals surface area contributed by atoms with Crippen LogP contribution in [0.15, 0.2) is 22.4 Å². The maximum Gasteiger partial charge on any atom is 0.0736 e. The van der Waals surface area contributed by atoms with Crippen molar-refractivity contribution in [1.82, 2.24) is 5.32 Å². The van der Waals surface area contributed by atoms with Gasteiger partial charge >= 0.3 is 0 Å². The van der Waals surface area contributed by atoms with Gasteiger partial charge in [0.25, 0.3) is 0 Å². The van der Waals surface area contributed by atoms with E-state index >= 15 is 0 Å². The molecule has 1 fully saturated rings. The van der Waals surface area contributed by atoms with E-state index < -0.39 is 0 Å². The maximum absolute atomic E-state index is 5.57. The molecule has 2 nitrogen and oxygen atoms in total. The van der Waals surface area contributed by atoms with Crippen molar-refractivity contribution in [2.45, 2.75) is 40.2 Å². The van der Waals surface area contributed by atoms with Gasteiger partial charge in [-0.2, -0.15) is 0 Å². The summed E-state index contributed by atoms with van der Waals surface area (Å²) < 4.78 is 5.57. The van der Waals surface area contributed by atoms with Crippen LogP contribution in [0, 0.1) is 5.92 Å². The minimum Gasteiger partial charge on any atom is -0.382 e. The number of fused-ring (bicyclic) bond motifs is 1. The fraction of sp³-hybridized carbons (Fsp3) is 0.692. The highest BCUT2D eigenvalue weighted by Gasteiger charge is 2.26. The third-order valence-corrected chi connectivity index (χ3v) is 3.51. The smallest absolute Gasteiger partial charge is 0.0736 e. The largest absolute Gasteiger partial charge is 0.382 e. The fourth-order valence-corrected chi connectivity index (χ4v) is 2.47. The van der Waals surface area contributed by atoms with E-state index in [2.05, 4.69) is 33.0 Å². The van der Waals surface area contributed by atoms with Crippen molar-refractivity contribution < 1.29 is 4.74 Å². The number of nitrogens with one attached hydrogen (secondary N) is 1. The lowest BCUT2D eigenvalue weighted by atomic mass is 9.85. The third kappa shape index (κ3) is 1.83. The van der Waals surface area contributed by atoms with E-state index in [-0.39, 0.29) is 0 Å². The van der Waals surface area contributed by atoms with E-state index in [0.29, 0.717) is 12.0 Å². The summed E-state index contributed by atoms with van der Waals surface area (Å²) in [6.07, 6.45) is 1.09. The topological polar surface area (TPSA) is 21.3 Å². The van der Waals surface area contributed by atoms with Gasteiger partial charge in [0, 0.05) is 17.3 Å². The van der Waals surface area contributed by atoms with Gasteiger partial charge in [-0.05, 0) is 37.3 Å². The number of allylic oxidation sites excluding steroid dienone is 1. The SMILES string of the molecule is CC1=C2CCOCC2=C(C(C)C)NC1C. The lowest BCUT2D eigenvalue weighted by Crippen LogP contribution is -2.37. The molecule has 2 heteroatoms. The van der Waals surface area contributed by atoms with Gasteiger partial charge in [-0.15, -0.1) is 0 Å². The van der Waals surface area contributed by atoms with Crippen molar-refractivity contribution >= 4 is 0 Å². The lowest BCUT2D eigenvalue weighted by molar-refractivity contribution is 0.142. The molecule has 15 heavy (non-hydrogen) atoms. The average Bonchev–Trinajstić information content (AvgIpc) is 2.23. The van der Waals surface area contributed by atoms with Gasteiger partial charge in [0.05, 0.1) is 13.2 Å². The molecule has 0 radical (unpaired) electrons. The molecule has 2 aliphatic rings. The highest BCUT2D eigenvalue weighted by molar-refractivity contribution is 5.45.